The van der Waals surface area contributed by atoms with E-state index < -0.39 is 0 Å². The number of hydrogen-bond acceptors (Lipinski definition) is 3. The zero-order valence-corrected chi connectivity index (χ0v) is 8.04. The van der Waals surface area contributed by atoms with Crippen LogP contribution in [0, 0.1) is 0 Å². The molecule has 0 bridgehead atoms. The van der Waals surface area contributed by atoms with Crippen LogP contribution in [-0.2, 0) is 14.2 Å². The van der Waals surface area contributed by atoms with Gasteiger partial charge >= 0.3 is 0 Å². The summed E-state index contributed by atoms with van der Waals surface area (Å²) < 4.78 is 16.5. The fourth-order valence-electron chi connectivity index (χ4n) is 1.83. The van der Waals surface area contributed by atoms with E-state index in [2.05, 4.69) is 0 Å². The van der Waals surface area contributed by atoms with Gasteiger partial charge in [-0.3, -0.25) is 0 Å². The summed E-state index contributed by atoms with van der Waals surface area (Å²) in [6.45, 7) is 2.47. The molecule has 0 aromatic heterocycles. The molecule has 0 aromatic rings. The molecule has 0 aliphatic carbocycles. The third-order valence-corrected chi connectivity index (χ3v) is 2.63. The van der Waals surface area contributed by atoms with E-state index in [4.69, 9.17) is 14.2 Å². The molecular formula is C10H18O3. The quantitative estimate of drug-likeness (QED) is 0.671. The first-order valence-corrected chi connectivity index (χ1v) is 5.30. The van der Waals surface area contributed by atoms with Gasteiger partial charge in [0.1, 0.15) is 0 Å². The summed E-state index contributed by atoms with van der Waals surface area (Å²) in [5.74, 6) is 0. The SMILES string of the molecule is C1CC[C@H](OC[C@H]2CCCO2)OC1. The van der Waals surface area contributed by atoms with E-state index in [0.29, 0.717) is 12.7 Å². The maximum atomic E-state index is 5.62. The molecule has 0 amide bonds. The minimum atomic E-state index is 0.0398. The molecule has 2 fully saturated rings. The van der Waals surface area contributed by atoms with Gasteiger partial charge in [0, 0.05) is 13.2 Å². The summed E-state index contributed by atoms with van der Waals surface area (Å²) in [4.78, 5) is 0. The van der Waals surface area contributed by atoms with Crippen molar-refractivity contribution < 1.29 is 14.2 Å². The van der Waals surface area contributed by atoms with Crippen LogP contribution in [0.5, 0.6) is 0 Å². The fourth-order valence-corrected chi connectivity index (χ4v) is 1.83. The molecule has 2 saturated heterocycles. The normalized spacial score (nSPS) is 35.1. The first kappa shape index (κ1) is 9.44. The highest BCUT2D eigenvalue weighted by Crippen LogP contribution is 2.17. The maximum Gasteiger partial charge on any atom is 0.157 e. The van der Waals surface area contributed by atoms with Crippen molar-refractivity contribution in [2.75, 3.05) is 19.8 Å². The van der Waals surface area contributed by atoms with Gasteiger partial charge in [0.2, 0.25) is 0 Å². The Morgan fingerprint density at radius 3 is 2.62 bits per heavy atom. The summed E-state index contributed by atoms with van der Waals surface area (Å²) in [5.41, 5.74) is 0. The fraction of sp³-hybridized carbons (Fsp3) is 1.00. The molecule has 2 heterocycles. The molecular weight excluding hydrogens is 168 g/mol. The van der Waals surface area contributed by atoms with Gasteiger partial charge in [-0.05, 0) is 32.1 Å². The van der Waals surface area contributed by atoms with Crippen molar-refractivity contribution in [2.24, 2.45) is 0 Å². The van der Waals surface area contributed by atoms with E-state index in [1.54, 1.807) is 0 Å². The van der Waals surface area contributed by atoms with Crippen molar-refractivity contribution in [1.29, 1.82) is 0 Å². The highest BCUT2D eigenvalue weighted by Gasteiger charge is 2.19. The van der Waals surface area contributed by atoms with Gasteiger partial charge in [0.25, 0.3) is 0 Å². The van der Waals surface area contributed by atoms with Crippen LogP contribution in [0.1, 0.15) is 32.1 Å². The zero-order valence-electron chi connectivity index (χ0n) is 8.04. The van der Waals surface area contributed by atoms with E-state index in [1.807, 2.05) is 0 Å². The van der Waals surface area contributed by atoms with E-state index in [0.717, 1.165) is 26.1 Å². The van der Waals surface area contributed by atoms with Crippen molar-refractivity contribution in [3.05, 3.63) is 0 Å². The van der Waals surface area contributed by atoms with Crippen LogP contribution in [0.15, 0.2) is 0 Å². The summed E-state index contributed by atoms with van der Waals surface area (Å²) in [7, 11) is 0. The molecule has 3 nitrogen and oxygen atoms in total. The van der Waals surface area contributed by atoms with Crippen LogP contribution in [0.2, 0.25) is 0 Å². The van der Waals surface area contributed by atoms with Gasteiger partial charge in [0.15, 0.2) is 6.29 Å². The predicted molar refractivity (Wildman–Crippen MR) is 48.5 cm³/mol. The number of rotatable bonds is 3. The molecule has 0 N–H and O–H groups in total. The minimum absolute atomic E-state index is 0.0398. The molecule has 0 spiro atoms. The van der Waals surface area contributed by atoms with Crippen LogP contribution in [-0.4, -0.2) is 32.2 Å². The Bertz CT molecular complexity index is 137. The number of hydrogen-bond donors (Lipinski definition) is 0. The van der Waals surface area contributed by atoms with Crippen LogP contribution in [0.4, 0.5) is 0 Å². The van der Waals surface area contributed by atoms with Crippen molar-refractivity contribution in [1.82, 2.24) is 0 Å². The van der Waals surface area contributed by atoms with Crippen LogP contribution >= 0.6 is 0 Å². The maximum absolute atomic E-state index is 5.62. The van der Waals surface area contributed by atoms with E-state index in [9.17, 15) is 0 Å². The van der Waals surface area contributed by atoms with Crippen LogP contribution < -0.4 is 0 Å². The van der Waals surface area contributed by atoms with Crippen molar-refractivity contribution in [3.63, 3.8) is 0 Å². The summed E-state index contributed by atoms with van der Waals surface area (Å²) in [6, 6.07) is 0. The molecule has 13 heavy (non-hydrogen) atoms. The standard InChI is InChI=1S/C10H18O3/c1-2-6-12-10(5-1)13-8-9-4-3-7-11-9/h9-10H,1-8H2/t9-,10+/m1/s1. The highest BCUT2D eigenvalue weighted by molar-refractivity contribution is 4.64. The predicted octanol–water partition coefficient (Wildman–Crippen LogP) is 1.71. The van der Waals surface area contributed by atoms with Crippen molar-refractivity contribution in [2.45, 2.75) is 44.5 Å². The molecule has 0 saturated carbocycles. The lowest BCUT2D eigenvalue weighted by Gasteiger charge is -2.23. The second kappa shape index (κ2) is 4.94. The lowest BCUT2D eigenvalue weighted by Crippen LogP contribution is -2.26. The average Bonchev–Trinajstić information content (AvgIpc) is 2.69. The smallest absolute Gasteiger partial charge is 0.157 e. The largest absolute Gasteiger partial charge is 0.376 e. The van der Waals surface area contributed by atoms with Crippen LogP contribution in [0.3, 0.4) is 0 Å². The molecule has 0 aromatic carbocycles. The van der Waals surface area contributed by atoms with E-state index in [-0.39, 0.29) is 6.29 Å². The Morgan fingerprint density at radius 2 is 1.92 bits per heavy atom. The Morgan fingerprint density at radius 1 is 1.00 bits per heavy atom. The van der Waals surface area contributed by atoms with Gasteiger partial charge in [0.05, 0.1) is 12.7 Å². The van der Waals surface area contributed by atoms with Gasteiger partial charge in [-0.15, -0.1) is 0 Å². The Kier molecular flexibility index (Phi) is 3.58. The molecule has 76 valence electrons. The van der Waals surface area contributed by atoms with Crippen molar-refractivity contribution in [3.8, 4) is 0 Å². The summed E-state index contributed by atoms with van der Waals surface area (Å²) in [5, 5.41) is 0. The van der Waals surface area contributed by atoms with Gasteiger partial charge < -0.3 is 14.2 Å². The Hall–Kier alpha value is -0.120. The molecule has 0 unspecified atom stereocenters. The molecule has 2 aliphatic rings. The van der Waals surface area contributed by atoms with Gasteiger partial charge in [-0.2, -0.15) is 0 Å². The first-order chi connectivity index (χ1) is 6.45. The Balaban J connectivity index is 1.60. The molecule has 0 radical (unpaired) electrons. The molecule has 2 atom stereocenters. The van der Waals surface area contributed by atoms with Gasteiger partial charge in [-0.25, -0.2) is 0 Å². The lowest BCUT2D eigenvalue weighted by atomic mass is 10.2. The monoisotopic (exact) mass is 186 g/mol. The molecule has 3 heteroatoms. The third kappa shape index (κ3) is 2.93. The highest BCUT2D eigenvalue weighted by atomic mass is 16.7. The summed E-state index contributed by atoms with van der Waals surface area (Å²) in [6.07, 6.45) is 6.15. The second-order valence-electron chi connectivity index (χ2n) is 3.76. The zero-order chi connectivity index (χ0) is 8.93. The first-order valence-electron chi connectivity index (χ1n) is 5.30. The second-order valence-corrected chi connectivity index (χ2v) is 3.76. The topological polar surface area (TPSA) is 27.7 Å². The molecule has 2 aliphatic heterocycles. The van der Waals surface area contributed by atoms with E-state index in [1.165, 1.54) is 19.3 Å². The molecule has 2 rings (SSSR count). The van der Waals surface area contributed by atoms with Gasteiger partial charge in [-0.1, -0.05) is 0 Å². The third-order valence-electron chi connectivity index (χ3n) is 2.63. The minimum Gasteiger partial charge on any atom is -0.376 e. The lowest BCUT2D eigenvalue weighted by molar-refractivity contribution is -0.175. The van der Waals surface area contributed by atoms with E-state index >= 15 is 0 Å². The van der Waals surface area contributed by atoms with Crippen LogP contribution in [0.25, 0.3) is 0 Å². The summed E-state index contributed by atoms with van der Waals surface area (Å²) >= 11 is 0. The van der Waals surface area contributed by atoms with Crippen molar-refractivity contribution >= 4 is 0 Å². The average molecular weight is 186 g/mol. The number of ether oxygens (including phenoxy) is 3. The Labute approximate surface area is 79.4 Å².